The van der Waals surface area contributed by atoms with Gasteiger partial charge >= 0.3 is 0 Å². The molecule has 2 atom stereocenters. The van der Waals surface area contributed by atoms with Crippen LogP contribution in [0.15, 0.2) is 24.3 Å². The zero-order chi connectivity index (χ0) is 14.2. The SMILES string of the molecule is C#CC(Cc1cccc(COC)c1)OC1CCCCO1. The normalized spacial score (nSPS) is 20.3. The molecule has 20 heavy (non-hydrogen) atoms. The van der Waals surface area contributed by atoms with Crippen LogP contribution in [0.2, 0.25) is 0 Å². The Morgan fingerprint density at radius 1 is 1.40 bits per heavy atom. The van der Waals surface area contributed by atoms with Crippen LogP contribution in [-0.2, 0) is 27.2 Å². The molecule has 0 amide bonds. The van der Waals surface area contributed by atoms with Crippen molar-refractivity contribution in [2.75, 3.05) is 13.7 Å². The average Bonchev–Trinajstić information content (AvgIpc) is 2.48. The summed E-state index contributed by atoms with van der Waals surface area (Å²) in [6, 6.07) is 8.24. The van der Waals surface area contributed by atoms with E-state index < -0.39 is 0 Å². The Labute approximate surface area is 121 Å². The van der Waals surface area contributed by atoms with E-state index in [2.05, 4.69) is 18.1 Å². The van der Waals surface area contributed by atoms with Crippen LogP contribution >= 0.6 is 0 Å². The first-order valence-corrected chi connectivity index (χ1v) is 7.12. The molecule has 1 aliphatic heterocycles. The van der Waals surface area contributed by atoms with Gasteiger partial charge in [-0.1, -0.05) is 30.2 Å². The van der Waals surface area contributed by atoms with Crippen LogP contribution in [0.25, 0.3) is 0 Å². The topological polar surface area (TPSA) is 27.7 Å². The minimum absolute atomic E-state index is 0.146. The van der Waals surface area contributed by atoms with Crippen LogP contribution in [0.4, 0.5) is 0 Å². The first-order chi connectivity index (χ1) is 9.81. The second-order valence-electron chi connectivity index (χ2n) is 5.04. The molecule has 1 heterocycles. The molecule has 2 rings (SSSR count). The summed E-state index contributed by atoms with van der Waals surface area (Å²) in [5, 5.41) is 0. The highest BCUT2D eigenvalue weighted by atomic mass is 16.7. The van der Waals surface area contributed by atoms with Gasteiger partial charge in [-0.25, -0.2) is 0 Å². The molecule has 1 aliphatic rings. The summed E-state index contributed by atoms with van der Waals surface area (Å²) in [5.41, 5.74) is 2.31. The zero-order valence-corrected chi connectivity index (χ0v) is 12.0. The maximum Gasteiger partial charge on any atom is 0.159 e. The average molecular weight is 274 g/mol. The van der Waals surface area contributed by atoms with Crippen molar-refractivity contribution in [1.29, 1.82) is 0 Å². The molecule has 2 unspecified atom stereocenters. The molecule has 3 heteroatoms. The van der Waals surface area contributed by atoms with Gasteiger partial charge in [0.15, 0.2) is 6.29 Å². The molecular weight excluding hydrogens is 252 g/mol. The van der Waals surface area contributed by atoms with Gasteiger partial charge in [0, 0.05) is 20.1 Å². The summed E-state index contributed by atoms with van der Waals surface area (Å²) in [5.74, 6) is 2.72. The number of hydrogen-bond donors (Lipinski definition) is 0. The minimum Gasteiger partial charge on any atom is -0.380 e. The Bertz CT molecular complexity index is 444. The molecular formula is C17H22O3. The van der Waals surface area contributed by atoms with Crippen LogP contribution in [0.3, 0.4) is 0 Å². The summed E-state index contributed by atoms with van der Waals surface area (Å²) in [7, 11) is 1.69. The highest BCUT2D eigenvalue weighted by Gasteiger charge is 2.18. The van der Waals surface area contributed by atoms with Gasteiger partial charge in [0.1, 0.15) is 6.10 Å². The third-order valence-corrected chi connectivity index (χ3v) is 3.36. The quantitative estimate of drug-likeness (QED) is 0.747. The first-order valence-electron chi connectivity index (χ1n) is 7.12. The van der Waals surface area contributed by atoms with E-state index in [0.29, 0.717) is 13.0 Å². The molecule has 0 aromatic heterocycles. The van der Waals surface area contributed by atoms with E-state index >= 15 is 0 Å². The number of methoxy groups -OCH3 is 1. The molecule has 1 aromatic carbocycles. The van der Waals surface area contributed by atoms with Crippen LogP contribution < -0.4 is 0 Å². The molecule has 0 aliphatic carbocycles. The fourth-order valence-electron chi connectivity index (χ4n) is 2.38. The van der Waals surface area contributed by atoms with E-state index in [1.165, 1.54) is 5.56 Å². The Morgan fingerprint density at radius 3 is 2.95 bits per heavy atom. The molecule has 0 bridgehead atoms. The predicted octanol–water partition coefficient (Wildman–Crippen LogP) is 2.92. The standard InChI is InChI=1S/C17H22O3/c1-3-16(20-17-9-4-5-10-19-17)12-14-7-6-8-15(11-14)13-18-2/h1,6-8,11,16-17H,4-5,9-10,12-13H2,2H3. The largest absolute Gasteiger partial charge is 0.380 e. The summed E-state index contributed by atoms with van der Waals surface area (Å²) < 4.78 is 16.6. The molecule has 3 nitrogen and oxygen atoms in total. The monoisotopic (exact) mass is 274 g/mol. The van der Waals surface area contributed by atoms with Crippen molar-refractivity contribution in [3.8, 4) is 12.3 Å². The van der Waals surface area contributed by atoms with E-state index in [4.69, 9.17) is 20.6 Å². The molecule has 0 radical (unpaired) electrons. The maximum atomic E-state index is 5.85. The number of ether oxygens (including phenoxy) is 3. The fourth-order valence-corrected chi connectivity index (χ4v) is 2.38. The van der Waals surface area contributed by atoms with Gasteiger partial charge in [0.25, 0.3) is 0 Å². The Morgan fingerprint density at radius 2 is 2.25 bits per heavy atom. The fraction of sp³-hybridized carbons (Fsp3) is 0.529. The highest BCUT2D eigenvalue weighted by Crippen LogP contribution is 2.17. The second-order valence-corrected chi connectivity index (χ2v) is 5.04. The number of hydrogen-bond acceptors (Lipinski definition) is 3. The van der Waals surface area contributed by atoms with Gasteiger partial charge in [0.05, 0.1) is 6.61 Å². The van der Waals surface area contributed by atoms with Gasteiger partial charge in [-0.15, -0.1) is 6.42 Å². The van der Waals surface area contributed by atoms with Gasteiger partial charge in [-0.2, -0.15) is 0 Å². The third-order valence-electron chi connectivity index (χ3n) is 3.36. The molecule has 0 saturated carbocycles. The zero-order valence-electron chi connectivity index (χ0n) is 12.0. The van der Waals surface area contributed by atoms with E-state index in [-0.39, 0.29) is 12.4 Å². The van der Waals surface area contributed by atoms with Gasteiger partial charge in [0.2, 0.25) is 0 Å². The smallest absolute Gasteiger partial charge is 0.159 e. The van der Waals surface area contributed by atoms with Gasteiger partial charge in [-0.05, 0) is 30.4 Å². The van der Waals surface area contributed by atoms with Crippen molar-refractivity contribution in [3.63, 3.8) is 0 Å². The molecule has 0 spiro atoms. The summed E-state index contributed by atoms with van der Waals surface area (Å²) in [4.78, 5) is 0. The van der Waals surface area contributed by atoms with Crippen LogP contribution in [0.1, 0.15) is 30.4 Å². The van der Waals surface area contributed by atoms with Crippen molar-refractivity contribution in [2.45, 2.75) is 44.7 Å². The highest BCUT2D eigenvalue weighted by molar-refractivity contribution is 5.24. The number of benzene rings is 1. The van der Waals surface area contributed by atoms with Gasteiger partial charge in [-0.3, -0.25) is 0 Å². The number of terminal acetylenes is 1. The summed E-state index contributed by atoms with van der Waals surface area (Å²) in [6.45, 7) is 1.38. The lowest BCUT2D eigenvalue weighted by Gasteiger charge is -2.25. The number of rotatable bonds is 6. The third kappa shape index (κ3) is 4.64. The van der Waals surface area contributed by atoms with Crippen molar-refractivity contribution in [3.05, 3.63) is 35.4 Å². The molecule has 1 fully saturated rings. The Balaban J connectivity index is 1.91. The summed E-state index contributed by atoms with van der Waals surface area (Å²) >= 11 is 0. The molecule has 1 saturated heterocycles. The lowest BCUT2D eigenvalue weighted by Crippen LogP contribution is -2.28. The lowest BCUT2D eigenvalue weighted by molar-refractivity contribution is -0.176. The van der Waals surface area contributed by atoms with Crippen LogP contribution in [-0.4, -0.2) is 26.1 Å². The minimum atomic E-state index is -0.240. The van der Waals surface area contributed by atoms with Crippen molar-refractivity contribution in [1.82, 2.24) is 0 Å². The van der Waals surface area contributed by atoms with Crippen molar-refractivity contribution < 1.29 is 14.2 Å². The van der Waals surface area contributed by atoms with E-state index in [0.717, 1.165) is 31.4 Å². The second kappa shape index (κ2) is 8.06. The van der Waals surface area contributed by atoms with Crippen molar-refractivity contribution in [2.24, 2.45) is 0 Å². The van der Waals surface area contributed by atoms with Crippen LogP contribution in [0.5, 0.6) is 0 Å². The van der Waals surface area contributed by atoms with Crippen LogP contribution in [0, 0.1) is 12.3 Å². The Kier molecular flexibility index (Phi) is 6.07. The summed E-state index contributed by atoms with van der Waals surface area (Å²) in [6.07, 6.45) is 9.08. The molecule has 1 aromatic rings. The Hall–Kier alpha value is -1.34. The maximum absolute atomic E-state index is 5.85. The molecule has 0 N–H and O–H groups in total. The predicted molar refractivity (Wildman–Crippen MR) is 78.2 cm³/mol. The van der Waals surface area contributed by atoms with E-state index in [9.17, 15) is 0 Å². The first kappa shape index (κ1) is 15.1. The van der Waals surface area contributed by atoms with E-state index in [1.807, 2.05) is 12.1 Å². The lowest BCUT2D eigenvalue weighted by atomic mass is 10.1. The van der Waals surface area contributed by atoms with Gasteiger partial charge < -0.3 is 14.2 Å². The van der Waals surface area contributed by atoms with Crippen molar-refractivity contribution >= 4 is 0 Å². The molecule has 108 valence electrons. The van der Waals surface area contributed by atoms with E-state index in [1.54, 1.807) is 7.11 Å².